The Morgan fingerprint density at radius 3 is 2.19 bits per heavy atom. The molecule has 0 saturated carbocycles. The molecule has 2 unspecified atom stereocenters. The van der Waals surface area contributed by atoms with Crippen molar-refractivity contribution in [2.75, 3.05) is 14.1 Å². The number of halogens is 1. The lowest BCUT2D eigenvalue weighted by Crippen LogP contribution is -2.38. The van der Waals surface area contributed by atoms with E-state index in [1.54, 1.807) is 19.0 Å². The minimum Gasteiger partial charge on any atom is -0.300 e. The monoisotopic (exact) mass is 223 g/mol. The predicted molar refractivity (Wildman–Crippen MR) is 63.2 cm³/mol. The molecule has 1 rings (SSSR count). The molecule has 0 aromatic heterocycles. The van der Waals surface area contributed by atoms with Crippen molar-refractivity contribution < 1.29 is 9.18 Å². The van der Waals surface area contributed by atoms with Crippen LogP contribution in [-0.2, 0) is 4.79 Å². The highest BCUT2D eigenvalue weighted by Gasteiger charge is 2.36. The lowest BCUT2D eigenvalue weighted by molar-refractivity contribution is -0.120. The van der Waals surface area contributed by atoms with Crippen LogP contribution in [0.25, 0.3) is 0 Å². The number of benzene rings is 1. The predicted octanol–water partition coefficient (Wildman–Crippen LogP) is 2.52. The van der Waals surface area contributed by atoms with Crippen LogP contribution in [0.4, 0.5) is 4.39 Å². The Morgan fingerprint density at radius 1 is 1.31 bits per heavy atom. The largest absolute Gasteiger partial charge is 0.300 e. The molecule has 1 aromatic rings. The van der Waals surface area contributed by atoms with E-state index in [1.807, 2.05) is 31.2 Å². The molecular weight excluding hydrogens is 205 g/mol. The van der Waals surface area contributed by atoms with Crippen molar-refractivity contribution in [2.24, 2.45) is 0 Å². The van der Waals surface area contributed by atoms with E-state index in [0.29, 0.717) is 6.29 Å². The van der Waals surface area contributed by atoms with Crippen molar-refractivity contribution in [2.45, 2.75) is 25.6 Å². The number of hydrogen-bond acceptors (Lipinski definition) is 2. The zero-order valence-corrected chi connectivity index (χ0v) is 10.2. The maximum atomic E-state index is 14.1. The Bertz CT molecular complexity index is 357. The molecule has 0 heterocycles. The summed E-state index contributed by atoms with van der Waals surface area (Å²) >= 11 is 0. The van der Waals surface area contributed by atoms with E-state index in [-0.39, 0.29) is 0 Å². The van der Waals surface area contributed by atoms with E-state index in [2.05, 4.69) is 0 Å². The lowest BCUT2D eigenvalue weighted by Gasteiger charge is -2.32. The Morgan fingerprint density at radius 2 is 1.81 bits per heavy atom. The summed E-state index contributed by atoms with van der Waals surface area (Å²) in [6, 6.07) is 7.02. The fourth-order valence-electron chi connectivity index (χ4n) is 1.94. The van der Waals surface area contributed by atoms with Crippen LogP contribution in [0, 0.1) is 6.92 Å². The van der Waals surface area contributed by atoms with E-state index < -0.39 is 11.7 Å². The van der Waals surface area contributed by atoms with Crippen molar-refractivity contribution in [3.8, 4) is 0 Å². The van der Waals surface area contributed by atoms with E-state index in [0.717, 1.165) is 11.1 Å². The van der Waals surface area contributed by atoms with Crippen LogP contribution in [0.5, 0.6) is 0 Å². The van der Waals surface area contributed by atoms with Gasteiger partial charge in [0.05, 0.1) is 6.04 Å². The van der Waals surface area contributed by atoms with Crippen LogP contribution in [0.2, 0.25) is 0 Å². The Balaban J connectivity index is 3.13. The summed E-state index contributed by atoms with van der Waals surface area (Å²) in [5, 5.41) is 0. The fraction of sp³-hybridized carbons (Fsp3) is 0.462. The molecule has 0 N–H and O–H groups in total. The Hall–Kier alpha value is -1.22. The van der Waals surface area contributed by atoms with Gasteiger partial charge in [0.2, 0.25) is 0 Å². The molecule has 0 aliphatic heterocycles. The first-order valence-electron chi connectivity index (χ1n) is 5.26. The Kier molecular flexibility index (Phi) is 3.81. The fourth-order valence-corrected chi connectivity index (χ4v) is 1.94. The average molecular weight is 223 g/mol. The number of rotatable bonds is 4. The van der Waals surface area contributed by atoms with Crippen LogP contribution in [0.1, 0.15) is 24.1 Å². The smallest absolute Gasteiger partial charge is 0.182 e. The topological polar surface area (TPSA) is 20.3 Å². The number of nitrogens with zero attached hydrogens (tertiary/aromatic N) is 1. The summed E-state index contributed by atoms with van der Waals surface area (Å²) in [5.41, 5.74) is 0.0549. The van der Waals surface area contributed by atoms with Crippen LogP contribution in [0.3, 0.4) is 0 Å². The Labute approximate surface area is 96.1 Å². The zero-order chi connectivity index (χ0) is 12.3. The molecule has 0 aliphatic carbocycles. The minimum absolute atomic E-state index is 0.373. The van der Waals surface area contributed by atoms with Crippen molar-refractivity contribution in [3.05, 3.63) is 35.4 Å². The lowest BCUT2D eigenvalue weighted by atomic mass is 9.91. The number of carbonyl (C=O) groups excluding carboxylic acids is 1. The maximum Gasteiger partial charge on any atom is 0.182 e. The van der Waals surface area contributed by atoms with Crippen LogP contribution in [0.15, 0.2) is 24.3 Å². The molecule has 0 bridgehead atoms. The summed E-state index contributed by atoms with van der Waals surface area (Å²) in [6.45, 7) is 3.29. The van der Waals surface area contributed by atoms with Crippen molar-refractivity contribution >= 4 is 6.29 Å². The molecular formula is C13H18FNO. The quantitative estimate of drug-likeness (QED) is 0.731. The first kappa shape index (κ1) is 12.8. The highest BCUT2D eigenvalue weighted by molar-refractivity contribution is 5.64. The third-order valence-electron chi connectivity index (χ3n) is 2.67. The highest BCUT2D eigenvalue weighted by Crippen LogP contribution is 2.31. The standard InChI is InChI=1S/C13H18FNO/c1-10-5-7-11(8-6-10)12(15(3)4)13(2,14)9-16/h5-9,12H,1-4H3. The number of alkyl halides is 1. The number of carbonyl (C=O) groups is 1. The third-order valence-corrected chi connectivity index (χ3v) is 2.67. The van der Waals surface area contributed by atoms with Gasteiger partial charge in [-0.05, 0) is 33.5 Å². The molecule has 88 valence electrons. The first-order valence-corrected chi connectivity index (χ1v) is 5.26. The molecule has 16 heavy (non-hydrogen) atoms. The van der Waals surface area contributed by atoms with Gasteiger partial charge in [-0.15, -0.1) is 0 Å². The molecule has 0 amide bonds. The van der Waals surface area contributed by atoms with Crippen LogP contribution in [-0.4, -0.2) is 31.0 Å². The van der Waals surface area contributed by atoms with Gasteiger partial charge < -0.3 is 0 Å². The van der Waals surface area contributed by atoms with Crippen molar-refractivity contribution in [1.82, 2.24) is 4.90 Å². The minimum atomic E-state index is -1.88. The summed E-state index contributed by atoms with van der Waals surface area (Å²) < 4.78 is 14.1. The summed E-state index contributed by atoms with van der Waals surface area (Å²) in [7, 11) is 3.54. The van der Waals surface area contributed by atoms with Gasteiger partial charge in [0.15, 0.2) is 12.0 Å². The van der Waals surface area contributed by atoms with Gasteiger partial charge in [-0.25, -0.2) is 4.39 Å². The van der Waals surface area contributed by atoms with Crippen molar-refractivity contribution in [3.63, 3.8) is 0 Å². The third kappa shape index (κ3) is 2.67. The summed E-state index contributed by atoms with van der Waals surface area (Å²) in [6.07, 6.45) is 0.373. The van der Waals surface area contributed by atoms with Crippen molar-refractivity contribution in [1.29, 1.82) is 0 Å². The molecule has 2 atom stereocenters. The number of hydrogen-bond donors (Lipinski definition) is 0. The van der Waals surface area contributed by atoms with Gasteiger partial charge in [-0.2, -0.15) is 0 Å². The van der Waals surface area contributed by atoms with Gasteiger partial charge in [0.1, 0.15) is 0 Å². The van der Waals surface area contributed by atoms with Gasteiger partial charge in [0.25, 0.3) is 0 Å². The highest BCUT2D eigenvalue weighted by atomic mass is 19.1. The van der Waals surface area contributed by atoms with Gasteiger partial charge in [-0.3, -0.25) is 9.69 Å². The zero-order valence-electron chi connectivity index (χ0n) is 10.2. The second-order valence-corrected chi connectivity index (χ2v) is 4.55. The van der Waals surface area contributed by atoms with Gasteiger partial charge >= 0.3 is 0 Å². The molecule has 0 aliphatic rings. The summed E-state index contributed by atoms with van der Waals surface area (Å²) in [4.78, 5) is 12.5. The second-order valence-electron chi connectivity index (χ2n) is 4.55. The van der Waals surface area contributed by atoms with E-state index >= 15 is 0 Å². The summed E-state index contributed by atoms with van der Waals surface area (Å²) in [5.74, 6) is 0. The molecule has 0 spiro atoms. The number of aldehydes is 1. The van der Waals surface area contributed by atoms with Gasteiger partial charge in [-0.1, -0.05) is 29.8 Å². The second kappa shape index (κ2) is 4.74. The average Bonchev–Trinajstić information content (AvgIpc) is 2.20. The molecule has 1 aromatic carbocycles. The number of aryl methyl sites for hydroxylation is 1. The molecule has 0 fully saturated rings. The molecule has 3 heteroatoms. The maximum absolute atomic E-state index is 14.1. The van der Waals surface area contributed by atoms with Crippen LogP contribution < -0.4 is 0 Å². The van der Waals surface area contributed by atoms with Crippen LogP contribution >= 0.6 is 0 Å². The van der Waals surface area contributed by atoms with E-state index in [9.17, 15) is 9.18 Å². The first-order chi connectivity index (χ1) is 7.38. The molecule has 0 saturated heterocycles. The molecule has 0 radical (unpaired) electrons. The normalized spacial score (nSPS) is 16.9. The SMILES string of the molecule is Cc1ccc(C(N(C)C)C(C)(F)C=O)cc1. The van der Waals surface area contributed by atoms with Gasteiger partial charge in [0, 0.05) is 0 Å². The van der Waals surface area contributed by atoms with E-state index in [1.165, 1.54) is 6.92 Å². The molecule has 2 nitrogen and oxygen atoms in total. The van der Waals surface area contributed by atoms with E-state index in [4.69, 9.17) is 0 Å².